The standard InChI is InChI=1S/C17H27N3O3S/c1-4-24(22,23)20-12-10-17(11-13-20,16(21)18-14(2)3)19-15-8-6-5-7-9-15/h5-9,14,19H,4,10-13H2,1-3H3,(H,18,21). The summed E-state index contributed by atoms with van der Waals surface area (Å²) >= 11 is 0. The van der Waals surface area contributed by atoms with Crippen molar-refractivity contribution in [2.75, 3.05) is 24.2 Å². The van der Waals surface area contributed by atoms with Crippen molar-refractivity contribution in [1.82, 2.24) is 9.62 Å². The van der Waals surface area contributed by atoms with Crippen LogP contribution in [0.4, 0.5) is 5.69 Å². The number of amides is 1. The number of benzene rings is 1. The number of carbonyl (C=O) groups is 1. The van der Waals surface area contributed by atoms with Crippen LogP contribution in [0.3, 0.4) is 0 Å². The molecule has 1 saturated heterocycles. The van der Waals surface area contributed by atoms with E-state index in [1.54, 1.807) is 6.92 Å². The summed E-state index contributed by atoms with van der Waals surface area (Å²) in [6.07, 6.45) is 0.888. The van der Waals surface area contributed by atoms with Crippen LogP contribution in [-0.4, -0.2) is 49.1 Å². The average molecular weight is 353 g/mol. The molecule has 7 heteroatoms. The number of para-hydroxylation sites is 1. The fraction of sp³-hybridized carbons (Fsp3) is 0.588. The lowest BCUT2D eigenvalue weighted by atomic mass is 9.86. The van der Waals surface area contributed by atoms with Gasteiger partial charge in [-0.15, -0.1) is 0 Å². The minimum absolute atomic E-state index is 0.0318. The predicted octanol–water partition coefficient (Wildman–Crippen LogP) is 1.81. The molecule has 2 rings (SSSR count). The molecular formula is C17H27N3O3S. The van der Waals surface area contributed by atoms with Crippen molar-refractivity contribution in [3.05, 3.63) is 30.3 Å². The average Bonchev–Trinajstić information content (AvgIpc) is 2.55. The molecule has 0 atom stereocenters. The summed E-state index contributed by atoms with van der Waals surface area (Å²) < 4.78 is 25.6. The zero-order valence-electron chi connectivity index (χ0n) is 14.6. The van der Waals surface area contributed by atoms with Gasteiger partial charge in [-0.2, -0.15) is 0 Å². The first-order valence-corrected chi connectivity index (χ1v) is 10.0. The summed E-state index contributed by atoms with van der Waals surface area (Å²) in [6.45, 7) is 6.18. The second-order valence-electron chi connectivity index (χ2n) is 6.50. The molecule has 1 aromatic rings. The van der Waals surface area contributed by atoms with E-state index in [0.717, 1.165) is 5.69 Å². The van der Waals surface area contributed by atoms with Crippen LogP contribution in [0.2, 0.25) is 0 Å². The molecule has 1 aliphatic rings. The summed E-state index contributed by atoms with van der Waals surface area (Å²) in [5, 5.41) is 6.33. The van der Waals surface area contributed by atoms with E-state index in [1.165, 1.54) is 4.31 Å². The molecule has 0 saturated carbocycles. The van der Waals surface area contributed by atoms with Crippen molar-refractivity contribution >= 4 is 21.6 Å². The molecule has 0 aromatic heterocycles. The summed E-state index contributed by atoms with van der Waals surface area (Å²) in [7, 11) is -3.22. The third-order valence-electron chi connectivity index (χ3n) is 4.35. The van der Waals surface area contributed by atoms with Gasteiger partial charge in [-0.3, -0.25) is 4.79 Å². The van der Waals surface area contributed by atoms with Crippen LogP contribution in [0.25, 0.3) is 0 Å². The lowest BCUT2D eigenvalue weighted by Crippen LogP contribution is -2.60. The lowest BCUT2D eigenvalue weighted by Gasteiger charge is -2.41. The lowest BCUT2D eigenvalue weighted by molar-refractivity contribution is -0.127. The first-order valence-electron chi connectivity index (χ1n) is 8.41. The van der Waals surface area contributed by atoms with Crippen LogP contribution in [0.1, 0.15) is 33.6 Å². The Hall–Kier alpha value is -1.60. The molecule has 24 heavy (non-hydrogen) atoms. The number of nitrogens with zero attached hydrogens (tertiary/aromatic N) is 1. The molecular weight excluding hydrogens is 326 g/mol. The van der Waals surface area contributed by atoms with Gasteiger partial charge in [0.1, 0.15) is 5.54 Å². The van der Waals surface area contributed by atoms with Crippen molar-refractivity contribution in [3.8, 4) is 0 Å². The summed E-state index contributed by atoms with van der Waals surface area (Å²) in [5.41, 5.74) is 0.0778. The second kappa shape index (κ2) is 7.53. The molecule has 2 N–H and O–H groups in total. The molecule has 1 aromatic carbocycles. The van der Waals surface area contributed by atoms with E-state index in [9.17, 15) is 13.2 Å². The highest BCUT2D eigenvalue weighted by molar-refractivity contribution is 7.89. The maximum atomic E-state index is 12.8. The Morgan fingerprint density at radius 3 is 2.29 bits per heavy atom. The number of piperidine rings is 1. The van der Waals surface area contributed by atoms with E-state index >= 15 is 0 Å². The molecule has 1 aliphatic heterocycles. The smallest absolute Gasteiger partial charge is 0.245 e. The molecule has 1 heterocycles. The molecule has 0 aliphatic carbocycles. The maximum absolute atomic E-state index is 12.8. The monoisotopic (exact) mass is 353 g/mol. The molecule has 134 valence electrons. The van der Waals surface area contributed by atoms with E-state index in [2.05, 4.69) is 10.6 Å². The van der Waals surface area contributed by atoms with Crippen LogP contribution in [-0.2, 0) is 14.8 Å². The number of hydrogen-bond acceptors (Lipinski definition) is 4. The SMILES string of the molecule is CCS(=O)(=O)N1CCC(Nc2ccccc2)(C(=O)NC(C)C)CC1. The first kappa shape index (κ1) is 18.7. The summed E-state index contributed by atoms with van der Waals surface area (Å²) in [5.74, 6) is 0.0134. The Balaban J connectivity index is 2.21. The zero-order valence-corrected chi connectivity index (χ0v) is 15.4. The molecule has 0 radical (unpaired) electrons. The van der Waals surface area contributed by atoms with Crippen LogP contribution in [0.15, 0.2) is 30.3 Å². The van der Waals surface area contributed by atoms with Crippen molar-refractivity contribution in [1.29, 1.82) is 0 Å². The Morgan fingerprint density at radius 1 is 1.21 bits per heavy atom. The first-order chi connectivity index (χ1) is 11.3. The highest BCUT2D eigenvalue weighted by atomic mass is 32.2. The van der Waals surface area contributed by atoms with Crippen LogP contribution < -0.4 is 10.6 Å². The van der Waals surface area contributed by atoms with Gasteiger partial charge in [0.15, 0.2) is 0 Å². The van der Waals surface area contributed by atoms with Gasteiger partial charge >= 0.3 is 0 Å². The van der Waals surface area contributed by atoms with Crippen LogP contribution in [0, 0.1) is 0 Å². The van der Waals surface area contributed by atoms with E-state index in [-0.39, 0.29) is 17.7 Å². The normalized spacial score (nSPS) is 18.3. The zero-order chi connectivity index (χ0) is 17.8. The van der Waals surface area contributed by atoms with E-state index in [0.29, 0.717) is 25.9 Å². The van der Waals surface area contributed by atoms with Gasteiger partial charge < -0.3 is 10.6 Å². The van der Waals surface area contributed by atoms with Crippen molar-refractivity contribution in [2.24, 2.45) is 0 Å². The number of carbonyl (C=O) groups excluding carboxylic acids is 1. The fourth-order valence-corrected chi connectivity index (χ4v) is 4.04. The number of sulfonamides is 1. The van der Waals surface area contributed by atoms with Crippen molar-refractivity contribution in [2.45, 2.75) is 45.2 Å². The minimum Gasteiger partial charge on any atom is -0.371 e. The summed E-state index contributed by atoms with van der Waals surface area (Å²) in [6, 6.07) is 9.60. The van der Waals surface area contributed by atoms with Crippen LogP contribution in [0.5, 0.6) is 0 Å². The van der Waals surface area contributed by atoms with Gasteiger partial charge in [0, 0.05) is 24.8 Å². The molecule has 1 amide bonds. The van der Waals surface area contributed by atoms with E-state index < -0.39 is 15.6 Å². The second-order valence-corrected chi connectivity index (χ2v) is 8.76. The highest BCUT2D eigenvalue weighted by Gasteiger charge is 2.43. The number of anilines is 1. The highest BCUT2D eigenvalue weighted by Crippen LogP contribution is 2.29. The topological polar surface area (TPSA) is 78.5 Å². The summed E-state index contributed by atoms with van der Waals surface area (Å²) in [4.78, 5) is 12.8. The third kappa shape index (κ3) is 4.27. The Kier molecular flexibility index (Phi) is 5.87. The quantitative estimate of drug-likeness (QED) is 0.817. The van der Waals surface area contributed by atoms with E-state index in [4.69, 9.17) is 0 Å². The Labute approximate surface area is 144 Å². The van der Waals surface area contributed by atoms with Crippen molar-refractivity contribution in [3.63, 3.8) is 0 Å². The molecule has 6 nitrogen and oxygen atoms in total. The Bertz CT molecular complexity index is 651. The maximum Gasteiger partial charge on any atom is 0.245 e. The number of hydrogen-bond donors (Lipinski definition) is 2. The molecule has 1 fully saturated rings. The molecule has 0 bridgehead atoms. The fourth-order valence-electron chi connectivity index (χ4n) is 2.94. The van der Waals surface area contributed by atoms with Gasteiger partial charge in [0.25, 0.3) is 0 Å². The largest absolute Gasteiger partial charge is 0.371 e. The van der Waals surface area contributed by atoms with Gasteiger partial charge in [0.05, 0.1) is 5.75 Å². The van der Waals surface area contributed by atoms with Gasteiger partial charge in [-0.1, -0.05) is 18.2 Å². The molecule has 0 spiro atoms. The van der Waals surface area contributed by atoms with Crippen molar-refractivity contribution < 1.29 is 13.2 Å². The molecule has 0 unspecified atom stereocenters. The van der Waals surface area contributed by atoms with Gasteiger partial charge in [-0.05, 0) is 45.7 Å². The predicted molar refractivity (Wildman–Crippen MR) is 96.3 cm³/mol. The minimum atomic E-state index is -3.22. The van der Waals surface area contributed by atoms with Gasteiger partial charge in [0.2, 0.25) is 15.9 Å². The Morgan fingerprint density at radius 2 is 1.79 bits per heavy atom. The number of rotatable bonds is 6. The number of nitrogens with one attached hydrogen (secondary N) is 2. The van der Waals surface area contributed by atoms with E-state index in [1.807, 2.05) is 44.2 Å². The third-order valence-corrected chi connectivity index (χ3v) is 6.23. The van der Waals surface area contributed by atoms with Crippen LogP contribution >= 0.6 is 0 Å². The van der Waals surface area contributed by atoms with Gasteiger partial charge in [-0.25, -0.2) is 12.7 Å².